The molecule has 3 aromatic rings. The molecule has 1 heterocycles. The lowest BCUT2D eigenvalue weighted by molar-refractivity contribution is -0.140. The maximum Gasteiger partial charge on any atom is 0.326 e. The van der Waals surface area contributed by atoms with Crippen LogP contribution in [-0.2, 0) is 16.6 Å². The Labute approximate surface area is 183 Å². The number of carbonyl (C=O) groups excluding carboxylic acids is 1. The van der Waals surface area contributed by atoms with Crippen LogP contribution in [0.3, 0.4) is 0 Å². The minimum Gasteiger partial charge on any atom is -0.481 e. The second-order valence-electron chi connectivity index (χ2n) is 7.06. The van der Waals surface area contributed by atoms with Crippen LogP contribution in [-0.4, -0.2) is 43.9 Å². The van der Waals surface area contributed by atoms with Crippen molar-refractivity contribution < 1.29 is 24.6 Å². The first-order valence-corrected chi connectivity index (χ1v) is 9.77. The molecule has 0 saturated carbocycles. The number of benzene rings is 2. The molecule has 1 unspecified atom stereocenters. The van der Waals surface area contributed by atoms with E-state index in [4.69, 9.17) is 5.11 Å². The van der Waals surface area contributed by atoms with Crippen LogP contribution < -0.4 is 10.9 Å². The summed E-state index contributed by atoms with van der Waals surface area (Å²) in [7, 11) is 1.40. The van der Waals surface area contributed by atoms with Gasteiger partial charge in [0.2, 0.25) is 0 Å². The highest BCUT2D eigenvalue weighted by atomic mass is 16.4. The van der Waals surface area contributed by atoms with Gasteiger partial charge in [0.25, 0.3) is 11.5 Å². The van der Waals surface area contributed by atoms with Gasteiger partial charge in [-0.2, -0.15) is 5.10 Å². The van der Waals surface area contributed by atoms with Crippen molar-refractivity contribution in [3.63, 3.8) is 0 Å². The monoisotopic (exact) mass is 435 g/mol. The first-order chi connectivity index (χ1) is 15.3. The zero-order valence-electron chi connectivity index (χ0n) is 17.2. The Bertz CT molecular complexity index is 1210. The lowest BCUT2D eigenvalue weighted by atomic mass is 9.95. The predicted octanol–water partition coefficient (Wildman–Crippen LogP) is 2.16. The van der Waals surface area contributed by atoms with Crippen LogP contribution in [0.4, 0.5) is 0 Å². The summed E-state index contributed by atoms with van der Waals surface area (Å²) in [6.07, 6.45) is -0.777. The summed E-state index contributed by atoms with van der Waals surface area (Å²) in [4.78, 5) is 48.6. The van der Waals surface area contributed by atoms with E-state index in [2.05, 4.69) is 10.4 Å². The van der Waals surface area contributed by atoms with Gasteiger partial charge in [0.1, 0.15) is 11.6 Å². The Morgan fingerprint density at radius 1 is 0.969 bits per heavy atom. The lowest BCUT2D eigenvalue weighted by Gasteiger charge is -2.18. The van der Waals surface area contributed by atoms with Gasteiger partial charge in [0.15, 0.2) is 0 Å². The third kappa shape index (κ3) is 4.89. The quantitative estimate of drug-likeness (QED) is 0.493. The minimum atomic E-state index is -1.47. The van der Waals surface area contributed by atoms with E-state index < -0.39 is 35.9 Å². The lowest BCUT2D eigenvalue weighted by Crippen LogP contribution is -2.44. The van der Waals surface area contributed by atoms with Crippen LogP contribution in [0.15, 0.2) is 65.5 Å². The highest BCUT2D eigenvalue weighted by Gasteiger charge is 2.28. The molecule has 3 rings (SSSR count). The number of carboxylic acids is 2. The van der Waals surface area contributed by atoms with Gasteiger partial charge in [-0.1, -0.05) is 60.7 Å². The fraction of sp³-hybridized carbons (Fsp3) is 0.174. The zero-order valence-corrected chi connectivity index (χ0v) is 17.2. The molecule has 164 valence electrons. The molecule has 0 spiro atoms. The third-order valence-corrected chi connectivity index (χ3v) is 4.83. The van der Waals surface area contributed by atoms with Gasteiger partial charge in [0, 0.05) is 24.6 Å². The number of hydrogen-bond donors (Lipinski definition) is 3. The van der Waals surface area contributed by atoms with Gasteiger partial charge >= 0.3 is 11.9 Å². The molecule has 32 heavy (non-hydrogen) atoms. The molecule has 1 amide bonds. The van der Waals surface area contributed by atoms with Crippen LogP contribution in [0.1, 0.15) is 23.2 Å². The van der Waals surface area contributed by atoms with Crippen molar-refractivity contribution in [2.45, 2.75) is 18.9 Å². The molecular weight excluding hydrogens is 414 g/mol. The molecular formula is C23H21N3O6. The van der Waals surface area contributed by atoms with E-state index in [1.807, 2.05) is 6.07 Å². The van der Waals surface area contributed by atoms with Gasteiger partial charge in [0.05, 0.1) is 5.69 Å². The van der Waals surface area contributed by atoms with Crippen molar-refractivity contribution in [3.8, 4) is 22.4 Å². The van der Waals surface area contributed by atoms with Crippen molar-refractivity contribution in [1.82, 2.24) is 15.1 Å². The highest BCUT2D eigenvalue weighted by molar-refractivity contribution is 6.04. The average Bonchev–Trinajstić information content (AvgIpc) is 2.78. The topological polar surface area (TPSA) is 139 Å². The van der Waals surface area contributed by atoms with Gasteiger partial charge in [-0.05, 0) is 12.0 Å². The molecule has 3 N–H and O–H groups in total. The number of amides is 1. The van der Waals surface area contributed by atoms with E-state index in [-0.39, 0.29) is 17.5 Å². The van der Waals surface area contributed by atoms with Crippen molar-refractivity contribution in [2.75, 3.05) is 0 Å². The van der Waals surface area contributed by atoms with Crippen LogP contribution >= 0.6 is 0 Å². The first-order valence-electron chi connectivity index (χ1n) is 9.77. The Balaban J connectivity index is 2.19. The van der Waals surface area contributed by atoms with E-state index in [0.29, 0.717) is 16.8 Å². The van der Waals surface area contributed by atoms with Crippen LogP contribution in [0, 0.1) is 0 Å². The van der Waals surface area contributed by atoms with Crippen LogP contribution in [0.25, 0.3) is 22.4 Å². The van der Waals surface area contributed by atoms with Gasteiger partial charge < -0.3 is 15.5 Å². The fourth-order valence-electron chi connectivity index (χ4n) is 3.28. The molecule has 0 bridgehead atoms. The fourth-order valence-corrected chi connectivity index (χ4v) is 3.28. The van der Waals surface area contributed by atoms with Crippen LogP contribution in [0.5, 0.6) is 0 Å². The number of aromatic nitrogens is 2. The van der Waals surface area contributed by atoms with Gasteiger partial charge in [-0.3, -0.25) is 14.4 Å². The summed E-state index contributed by atoms with van der Waals surface area (Å²) >= 11 is 0. The smallest absolute Gasteiger partial charge is 0.326 e. The maximum atomic E-state index is 13.2. The van der Waals surface area contributed by atoms with Crippen molar-refractivity contribution in [3.05, 3.63) is 76.6 Å². The Morgan fingerprint density at radius 3 is 2.06 bits per heavy atom. The molecule has 1 atom stereocenters. The summed E-state index contributed by atoms with van der Waals surface area (Å²) in [6.45, 7) is 0. The van der Waals surface area contributed by atoms with E-state index in [1.165, 1.54) is 7.05 Å². The molecule has 0 aliphatic carbocycles. The second kappa shape index (κ2) is 9.69. The van der Waals surface area contributed by atoms with Crippen molar-refractivity contribution in [2.24, 2.45) is 7.05 Å². The Morgan fingerprint density at radius 2 is 1.53 bits per heavy atom. The summed E-state index contributed by atoms with van der Waals surface area (Å²) in [5.74, 6) is -3.50. The predicted molar refractivity (Wildman–Crippen MR) is 116 cm³/mol. The number of rotatable bonds is 8. The largest absolute Gasteiger partial charge is 0.481 e. The number of aliphatic carboxylic acids is 2. The molecule has 0 radical (unpaired) electrons. The van der Waals surface area contributed by atoms with Crippen molar-refractivity contribution >= 4 is 17.8 Å². The first kappa shape index (κ1) is 22.4. The summed E-state index contributed by atoms with van der Waals surface area (Å²) in [5, 5.41) is 25.0. The van der Waals surface area contributed by atoms with E-state index in [1.54, 1.807) is 54.6 Å². The standard InChI is InChI=1S/C23H21N3O6/c1-26-22(30)19(21(29)24-16(23(31)32)12-13-17(27)28)18(14-8-4-2-5-9-14)20(25-26)15-10-6-3-7-11-15/h2-11,16H,12-13H2,1H3,(H,24,29)(H,27,28)(H,31,32). The molecule has 0 fully saturated rings. The summed E-state index contributed by atoms with van der Waals surface area (Å²) in [5.41, 5.74) is 0.884. The normalized spacial score (nSPS) is 11.5. The number of carbonyl (C=O) groups is 3. The van der Waals surface area contributed by atoms with Gasteiger partial charge in [-0.25, -0.2) is 9.48 Å². The third-order valence-electron chi connectivity index (χ3n) is 4.83. The second-order valence-corrected chi connectivity index (χ2v) is 7.06. The highest BCUT2D eigenvalue weighted by Crippen LogP contribution is 2.31. The molecule has 9 nitrogen and oxygen atoms in total. The number of hydrogen-bond acceptors (Lipinski definition) is 5. The van der Waals surface area contributed by atoms with E-state index in [9.17, 15) is 24.3 Å². The molecule has 0 aliphatic heterocycles. The van der Waals surface area contributed by atoms with Gasteiger partial charge in [-0.15, -0.1) is 0 Å². The Kier molecular flexibility index (Phi) is 6.79. The number of nitrogens with zero attached hydrogens (tertiary/aromatic N) is 2. The minimum absolute atomic E-state index is 0.264. The molecule has 1 aromatic heterocycles. The average molecular weight is 435 g/mol. The number of carboxylic acid groups (broad SMARTS) is 2. The van der Waals surface area contributed by atoms with E-state index >= 15 is 0 Å². The van der Waals surface area contributed by atoms with Crippen LogP contribution in [0.2, 0.25) is 0 Å². The zero-order chi connectivity index (χ0) is 23.3. The molecule has 0 aliphatic rings. The Hall–Kier alpha value is -4.27. The van der Waals surface area contributed by atoms with E-state index in [0.717, 1.165) is 4.68 Å². The maximum absolute atomic E-state index is 13.2. The van der Waals surface area contributed by atoms with Crippen molar-refractivity contribution in [1.29, 1.82) is 0 Å². The number of aryl methyl sites for hydroxylation is 1. The SMILES string of the molecule is Cn1nc(-c2ccccc2)c(-c2ccccc2)c(C(=O)NC(CCC(=O)O)C(=O)O)c1=O. The summed E-state index contributed by atoms with van der Waals surface area (Å²) in [6, 6.07) is 16.2. The number of nitrogens with one attached hydrogen (secondary N) is 1. The molecule has 0 saturated heterocycles. The molecule has 2 aromatic carbocycles. The molecule has 9 heteroatoms. The summed E-state index contributed by atoms with van der Waals surface area (Å²) < 4.78 is 1.02.